The summed E-state index contributed by atoms with van der Waals surface area (Å²) in [6.07, 6.45) is -3.19. The molecule has 0 saturated heterocycles. The zero-order valence-corrected chi connectivity index (χ0v) is 10.9. The van der Waals surface area contributed by atoms with Crippen LogP contribution in [-0.4, -0.2) is 26.6 Å². The van der Waals surface area contributed by atoms with Gasteiger partial charge in [-0.05, 0) is 12.1 Å². The number of fused-ring (bicyclic) bond motifs is 1. The number of aromatic nitrogens is 4. The van der Waals surface area contributed by atoms with Gasteiger partial charge in [-0.15, -0.1) is 0 Å². The summed E-state index contributed by atoms with van der Waals surface area (Å²) in [5.74, 6) is -1.15. The molecule has 2 heterocycles. The van der Waals surface area contributed by atoms with Crippen LogP contribution in [0.5, 0.6) is 0 Å². The lowest BCUT2D eigenvalue weighted by Gasteiger charge is -2.09. The quantitative estimate of drug-likeness (QED) is 0.789. The molecular formula is C13H10F3N5. The molecule has 0 atom stereocenters. The molecule has 5 nitrogen and oxygen atoms in total. The fraction of sp³-hybridized carbons (Fsp3) is 0.154. The third-order valence-electron chi connectivity index (χ3n) is 2.92. The Morgan fingerprint density at radius 2 is 1.81 bits per heavy atom. The Labute approximate surface area is 117 Å². The molecule has 3 aromatic rings. The van der Waals surface area contributed by atoms with Crippen molar-refractivity contribution in [3.8, 4) is 5.69 Å². The smallest absolute Gasteiger partial charge is 0.371 e. The van der Waals surface area contributed by atoms with Gasteiger partial charge in [0.2, 0.25) is 5.82 Å². The van der Waals surface area contributed by atoms with Crippen molar-refractivity contribution in [1.82, 2.24) is 19.5 Å². The lowest BCUT2D eigenvalue weighted by molar-refractivity contribution is -0.144. The fourth-order valence-corrected chi connectivity index (χ4v) is 1.98. The first kappa shape index (κ1) is 13.3. The number of alkyl halides is 3. The number of rotatable bonds is 2. The minimum absolute atomic E-state index is 0.0435. The van der Waals surface area contributed by atoms with Crippen molar-refractivity contribution < 1.29 is 13.2 Å². The number of hydrogen-bond donors (Lipinski definition) is 1. The maximum Gasteiger partial charge on any atom is 0.451 e. The molecule has 2 aromatic heterocycles. The van der Waals surface area contributed by atoms with Crippen LogP contribution in [0.2, 0.25) is 0 Å². The van der Waals surface area contributed by atoms with E-state index in [-0.39, 0.29) is 17.0 Å². The molecule has 0 amide bonds. The molecule has 21 heavy (non-hydrogen) atoms. The van der Waals surface area contributed by atoms with Crippen molar-refractivity contribution in [3.63, 3.8) is 0 Å². The normalized spacial score (nSPS) is 11.8. The number of halogens is 3. The highest BCUT2D eigenvalue weighted by molar-refractivity contribution is 5.84. The zero-order valence-electron chi connectivity index (χ0n) is 10.9. The van der Waals surface area contributed by atoms with Crippen LogP contribution in [-0.2, 0) is 6.18 Å². The largest absolute Gasteiger partial charge is 0.451 e. The van der Waals surface area contributed by atoms with E-state index in [0.717, 1.165) is 0 Å². The molecule has 3 rings (SSSR count). The van der Waals surface area contributed by atoms with Crippen molar-refractivity contribution in [2.24, 2.45) is 0 Å². The van der Waals surface area contributed by atoms with Gasteiger partial charge in [0.25, 0.3) is 0 Å². The van der Waals surface area contributed by atoms with E-state index in [9.17, 15) is 13.2 Å². The van der Waals surface area contributed by atoms with E-state index < -0.39 is 12.0 Å². The van der Waals surface area contributed by atoms with Crippen molar-refractivity contribution in [2.45, 2.75) is 6.18 Å². The first-order valence-corrected chi connectivity index (χ1v) is 6.06. The standard InChI is InChI=1S/C13H10F3N5/c1-17-10-9-11(20-12(19-10)13(14,15)16)21(7-18-9)8-5-3-2-4-6-8/h2-7H,1H3,(H,17,19,20). The Hall–Kier alpha value is -2.64. The second-order valence-electron chi connectivity index (χ2n) is 4.27. The van der Waals surface area contributed by atoms with Crippen LogP contribution in [0.1, 0.15) is 5.82 Å². The van der Waals surface area contributed by atoms with Crippen LogP contribution < -0.4 is 5.32 Å². The number of nitrogens with zero attached hydrogens (tertiary/aromatic N) is 4. The van der Waals surface area contributed by atoms with Crippen molar-refractivity contribution in [2.75, 3.05) is 12.4 Å². The summed E-state index contributed by atoms with van der Waals surface area (Å²) in [6.45, 7) is 0. The van der Waals surface area contributed by atoms with E-state index in [1.54, 1.807) is 24.3 Å². The predicted molar refractivity (Wildman–Crippen MR) is 71.2 cm³/mol. The van der Waals surface area contributed by atoms with Gasteiger partial charge in [-0.1, -0.05) is 18.2 Å². The fourth-order valence-electron chi connectivity index (χ4n) is 1.98. The van der Waals surface area contributed by atoms with E-state index in [0.29, 0.717) is 5.69 Å². The highest BCUT2D eigenvalue weighted by atomic mass is 19.4. The van der Waals surface area contributed by atoms with Gasteiger partial charge in [-0.2, -0.15) is 13.2 Å². The molecule has 0 saturated carbocycles. The Morgan fingerprint density at radius 3 is 2.43 bits per heavy atom. The summed E-state index contributed by atoms with van der Waals surface area (Å²) in [5, 5.41) is 2.62. The molecule has 0 bridgehead atoms. The molecule has 1 N–H and O–H groups in total. The summed E-state index contributed by atoms with van der Waals surface area (Å²) in [7, 11) is 1.49. The zero-order chi connectivity index (χ0) is 15.0. The minimum Gasteiger partial charge on any atom is -0.371 e. The topological polar surface area (TPSA) is 55.6 Å². The van der Waals surface area contributed by atoms with E-state index in [2.05, 4.69) is 20.3 Å². The van der Waals surface area contributed by atoms with Gasteiger partial charge in [0.1, 0.15) is 6.33 Å². The summed E-state index contributed by atoms with van der Waals surface area (Å²) in [6, 6.07) is 8.90. The number of para-hydroxylation sites is 1. The third-order valence-corrected chi connectivity index (χ3v) is 2.92. The number of anilines is 1. The number of nitrogens with one attached hydrogen (secondary N) is 1. The van der Waals surface area contributed by atoms with Gasteiger partial charge in [-0.25, -0.2) is 15.0 Å². The molecule has 0 unspecified atom stereocenters. The molecule has 0 aliphatic heterocycles. The molecule has 0 radical (unpaired) electrons. The first-order valence-electron chi connectivity index (χ1n) is 6.06. The Bertz CT molecular complexity index is 780. The average Bonchev–Trinajstić information content (AvgIpc) is 2.90. The van der Waals surface area contributed by atoms with Crippen molar-refractivity contribution >= 4 is 17.0 Å². The maximum atomic E-state index is 12.9. The SMILES string of the molecule is CNc1nc(C(F)(F)F)nc2c1ncn2-c1ccccc1. The highest BCUT2D eigenvalue weighted by Gasteiger charge is 2.36. The summed E-state index contributed by atoms with van der Waals surface area (Å²) in [4.78, 5) is 11.2. The first-order chi connectivity index (χ1) is 10.0. The number of benzene rings is 1. The summed E-state index contributed by atoms with van der Waals surface area (Å²) >= 11 is 0. The molecule has 8 heteroatoms. The van der Waals surface area contributed by atoms with Gasteiger partial charge in [0.15, 0.2) is 17.0 Å². The Kier molecular flexibility index (Phi) is 3.00. The van der Waals surface area contributed by atoms with E-state index in [4.69, 9.17) is 0 Å². The lowest BCUT2D eigenvalue weighted by atomic mass is 10.3. The molecule has 0 spiro atoms. The van der Waals surface area contributed by atoms with Crippen LogP contribution >= 0.6 is 0 Å². The van der Waals surface area contributed by atoms with Crippen LogP contribution in [0.25, 0.3) is 16.9 Å². The lowest BCUT2D eigenvalue weighted by Crippen LogP contribution is -2.13. The third kappa shape index (κ3) is 2.28. The second kappa shape index (κ2) is 4.72. The van der Waals surface area contributed by atoms with E-state index in [1.807, 2.05) is 6.07 Å². The van der Waals surface area contributed by atoms with E-state index >= 15 is 0 Å². The van der Waals surface area contributed by atoms with Crippen LogP contribution in [0.15, 0.2) is 36.7 Å². The van der Waals surface area contributed by atoms with Gasteiger partial charge in [-0.3, -0.25) is 4.57 Å². The Morgan fingerprint density at radius 1 is 1.10 bits per heavy atom. The van der Waals surface area contributed by atoms with Gasteiger partial charge in [0, 0.05) is 12.7 Å². The molecular weight excluding hydrogens is 283 g/mol. The molecule has 0 fully saturated rings. The number of hydrogen-bond acceptors (Lipinski definition) is 4. The van der Waals surface area contributed by atoms with E-state index in [1.165, 1.54) is 17.9 Å². The molecule has 0 aliphatic carbocycles. The predicted octanol–water partition coefficient (Wildman–Crippen LogP) is 2.88. The molecule has 108 valence electrons. The number of imidazole rings is 1. The second-order valence-corrected chi connectivity index (χ2v) is 4.27. The van der Waals surface area contributed by atoms with Gasteiger partial charge >= 0.3 is 6.18 Å². The maximum absolute atomic E-state index is 12.9. The molecule has 1 aromatic carbocycles. The minimum atomic E-state index is -4.62. The van der Waals surface area contributed by atoms with Crippen molar-refractivity contribution in [3.05, 3.63) is 42.5 Å². The van der Waals surface area contributed by atoms with Crippen LogP contribution in [0.4, 0.5) is 19.0 Å². The highest BCUT2D eigenvalue weighted by Crippen LogP contribution is 2.30. The average molecular weight is 293 g/mol. The van der Waals surface area contributed by atoms with Crippen LogP contribution in [0, 0.1) is 0 Å². The van der Waals surface area contributed by atoms with Crippen LogP contribution in [0.3, 0.4) is 0 Å². The van der Waals surface area contributed by atoms with Gasteiger partial charge in [0.05, 0.1) is 0 Å². The van der Waals surface area contributed by atoms with Crippen molar-refractivity contribution in [1.29, 1.82) is 0 Å². The Balaban J connectivity index is 2.29. The summed E-state index contributed by atoms with van der Waals surface area (Å²) < 4.78 is 40.2. The van der Waals surface area contributed by atoms with Gasteiger partial charge < -0.3 is 5.32 Å². The molecule has 0 aliphatic rings. The monoisotopic (exact) mass is 293 g/mol. The summed E-state index contributed by atoms with van der Waals surface area (Å²) in [5.41, 5.74) is 1.07.